The summed E-state index contributed by atoms with van der Waals surface area (Å²) in [7, 11) is 0. The largest absolute Gasteiger partial charge is 0.481 e. The molecule has 8 bridgehead atoms. The maximum Gasteiger partial charge on any atom is 0.303 e. The second-order valence-electron chi connectivity index (χ2n) is 11.5. The van der Waals surface area contributed by atoms with Gasteiger partial charge in [0, 0.05) is 56.4 Å². The van der Waals surface area contributed by atoms with Gasteiger partial charge in [-0.05, 0) is 104 Å². The van der Waals surface area contributed by atoms with E-state index in [0.717, 1.165) is 83.9 Å². The normalized spacial score (nSPS) is 16.1. The molecule has 1 fully saturated rings. The molecule has 0 unspecified atom stereocenters. The zero-order chi connectivity index (χ0) is 31.4. The fourth-order valence-corrected chi connectivity index (χ4v) is 7.24. The zero-order valence-electron chi connectivity index (χ0n) is 25.1. The van der Waals surface area contributed by atoms with E-state index in [2.05, 4.69) is 42.2 Å². The van der Waals surface area contributed by atoms with Crippen LogP contribution in [0.1, 0.15) is 78.1 Å². The van der Waals surface area contributed by atoms with Crippen LogP contribution in [0.25, 0.3) is 49.3 Å². The Hall–Kier alpha value is -4.02. The van der Waals surface area contributed by atoms with Gasteiger partial charge in [-0.3, -0.25) is 9.59 Å². The number of nitrogens with one attached hydrogen (secondary N) is 2. The van der Waals surface area contributed by atoms with Crippen molar-refractivity contribution in [2.24, 2.45) is 0 Å². The molecule has 0 radical (unpaired) electrons. The van der Waals surface area contributed by atoms with E-state index in [0.29, 0.717) is 28.7 Å². The lowest BCUT2D eigenvalue weighted by Gasteiger charge is -2.03. The number of carbonyl (C=O) groups is 2. The number of hydrogen-bond acceptors (Lipinski definition) is 6. The molecule has 0 spiro atoms. The second-order valence-corrected chi connectivity index (χ2v) is 13.3. The van der Waals surface area contributed by atoms with Gasteiger partial charge < -0.3 is 20.2 Å². The van der Waals surface area contributed by atoms with Gasteiger partial charge in [0.25, 0.3) is 0 Å². The molecule has 0 amide bonds. The van der Waals surface area contributed by atoms with Crippen LogP contribution < -0.4 is 0 Å². The van der Waals surface area contributed by atoms with Gasteiger partial charge in [-0.15, -0.1) is 12.6 Å². The molecule has 6 rings (SSSR count). The number of thiol groups is 1. The highest BCUT2D eigenvalue weighted by molar-refractivity contribution is 8.07. The monoisotopic (exact) mass is 626 g/mol. The summed E-state index contributed by atoms with van der Waals surface area (Å²) in [5.74, 6) is -0.711. The average Bonchev–Trinajstić information content (AvgIpc) is 3.49. The number of aromatic nitrogens is 4. The summed E-state index contributed by atoms with van der Waals surface area (Å²) in [4.78, 5) is 41.1. The SMILES string of the molecule is C=C(S)c1c(C)c2cc3[nH]c(cc4nc(cc5nc(cc1[nH]2)C(C)=C5[C@@H]1CS1)C(C)=C4CCC(=O)O)c(CCC(=O)O)c3C. The molecule has 1 atom stereocenters. The topological polar surface area (TPSA) is 132 Å². The van der Waals surface area contributed by atoms with Crippen LogP contribution in [0.15, 0.2) is 30.8 Å². The molecule has 44 heavy (non-hydrogen) atoms. The predicted octanol–water partition coefficient (Wildman–Crippen LogP) is 7.69. The molecule has 3 aromatic heterocycles. The van der Waals surface area contributed by atoms with E-state index in [1.807, 2.05) is 50.7 Å². The van der Waals surface area contributed by atoms with E-state index in [1.54, 1.807) is 0 Å². The highest BCUT2D eigenvalue weighted by atomic mass is 32.2. The van der Waals surface area contributed by atoms with E-state index in [1.165, 1.54) is 5.57 Å². The van der Waals surface area contributed by atoms with Crippen molar-refractivity contribution in [3.63, 3.8) is 0 Å². The first-order valence-corrected chi connectivity index (χ1v) is 16.0. The molecule has 10 heteroatoms. The Bertz CT molecular complexity index is 2010. The summed E-state index contributed by atoms with van der Waals surface area (Å²) in [6, 6.07) is 8.05. The summed E-state index contributed by atoms with van der Waals surface area (Å²) < 4.78 is 0. The summed E-state index contributed by atoms with van der Waals surface area (Å²) in [6.45, 7) is 12.2. The number of hydrogen-bond donors (Lipinski definition) is 5. The molecule has 3 aliphatic heterocycles. The van der Waals surface area contributed by atoms with Gasteiger partial charge in [-0.2, -0.15) is 11.8 Å². The Morgan fingerprint density at radius 2 is 1.43 bits per heavy atom. The van der Waals surface area contributed by atoms with Crippen LogP contribution >= 0.6 is 24.4 Å². The highest BCUT2D eigenvalue weighted by Gasteiger charge is 2.34. The van der Waals surface area contributed by atoms with Crippen molar-refractivity contribution >= 4 is 85.6 Å². The van der Waals surface area contributed by atoms with Gasteiger partial charge >= 0.3 is 11.9 Å². The fourth-order valence-electron chi connectivity index (χ4n) is 6.22. The Kier molecular flexibility index (Phi) is 7.83. The first kappa shape index (κ1) is 30.0. The number of carboxylic acid groups (broad SMARTS) is 2. The molecule has 0 aromatic carbocycles. The van der Waals surface area contributed by atoms with Crippen molar-refractivity contribution in [3.8, 4) is 0 Å². The average molecular weight is 627 g/mol. The molecule has 8 nitrogen and oxygen atoms in total. The number of aromatic amines is 2. The second kappa shape index (κ2) is 11.5. The molecule has 4 N–H and O–H groups in total. The van der Waals surface area contributed by atoms with Gasteiger partial charge in [0.2, 0.25) is 0 Å². The van der Waals surface area contributed by atoms with E-state index in [9.17, 15) is 19.8 Å². The summed E-state index contributed by atoms with van der Waals surface area (Å²) in [5, 5.41) is 19.4. The Balaban J connectivity index is 1.74. The van der Waals surface area contributed by atoms with Crippen LogP contribution in [0.2, 0.25) is 0 Å². The minimum atomic E-state index is -0.875. The number of fused-ring (bicyclic) bond motifs is 8. The molecule has 6 heterocycles. The Morgan fingerprint density at radius 1 is 0.841 bits per heavy atom. The first-order valence-electron chi connectivity index (χ1n) is 14.5. The lowest BCUT2D eigenvalue weighted by Crippen LogP contribution is -1.98. The van der Waals surface area contributed by atoms with E-state index >= 15 is 0 Å². The number of thioether (sulfide) groups is 1. The number of aliphatic carboxylic acids is 2. The molecule has 0 saturated carbocycles. The summed E-state index contributed by atoms with van der Waals surface area (Å²) in [5.41, 5.74) is 14.4. The lowest BCUT2D eigenvalue weighted by atomic mass is 9.99. The Labute approximate surface area is 264 Å². The number of allylic oxidation sites excluding steroid dienone is 3. The van der Waals surface area contributed by atoms with E-state index in [4.69, 9.17) is 9.97 Å². The van der Waals surface area contributed by atoms with Crippen LogP contribution in [-0.2, 0) is 16.0 Å². The highest BCUT2D eigenvalue weighted by Crippen LogP contribution is 2.47. The smallest absolute Gasteiger partial charge is 0.303 e. The van der Waals surface area contributed by atoms with Crippen LogP contribution in [0, 0.1) is 13.8 Å². The fraction of sp³-hybridized carbons (Fsp3) is 0.294. The molecule has 226 valence electrons. The molecule has 0 aliphatic carbocycles. The lowest BCUT2D eigenvalue weighted by molar-refractivity contribution is -0.137. The number of aryl methyl sites for hydroxylation is 3. The van der Waals surface area contributed by atoms with Crippen LogP contribution in [0.4, 0.5) is 0 Å². The minimum absolute atomic E-state index is 0.0202. The Morgan fingerprint density at radius 3 is 2.09 bits per heavy atom. The summed E-state index contributed by atoms with van der Waals surface area (Å²) in [6.07, 6.45) is 0.623. The molecular formula is C34H34N4O4S2. The standard InChI is InChI=1S/C34H34N4O4S2/c1-15-20(6-8-31(39)40)26-13-27-21(7-9-32(41)42)16(2)23(36-27)11-29-34(30-14-44-30)18(4)25(38-29)12-28-33(19(5)43)17(3)24(37-28)10-22(15)35-26/h10-13,30,35,37,43H,5-9,14H2,1-4H3,(H,39,40)(H,41,42)/t30-/m0/s1. The minimum Gasteiger partial charge on any atom is -0.481 e. The van der Waals surface area contributed by atoms with E-state index < -0.39 is 11.9 Å². The number of H-pyrrole nitrogens is 2. The first-order chi connectivity index (χ1) is 20.9. The number of rotatable bonds is 8. The predicted molar refractivity (Wildman–Crippen MR) is 183 cm³/mol. The molecule has 3 aromatic rings. The van der Waals surface area contributed by atoms with Gasteiger partial charge in [0.1, 0.15) is 0 Å². The van der Waals surface area contributed by atoms with Crippen LogP contribution in [0.5, 0.6) is 0 Å². The van der Waals surface area contributed by atoms with Crippen molar-refractivity contribution in [2.75, 3.05) is 5.75 Å². The third-order valence-corrected chi connectivity index (χ3v) is 9.83. The number of nitrogens with zero attached hydrogens (tertiary/aromatic N) is 2. The van der Waals surface area contributed by atoms with E-state index in [-0.39, 0.29) is 12.8 Å². The van der Waals surface area contributed by atoms with Gasteiger partial charge in [-0.1, -0.05) is 6.58 Å². The maximum absolute atomic E-state index is 11.6. The van der Waals surface area contributed by atoms with Crippen molar-refractivity contribution < 1.29 is 19.8 Å². The third-order valence-electron chi connectivity index (χ3n) is 8.71. The van der Waals surface area contributed by atoms with Crippen molar-refractivity contribution in [1.82, 2.24) is 19.9 Å². The van der Waals surface area contributed by atoms with Gasteiger partial charge in [-0.25, -0.2) is 9.97 Å². The molecule has 3 aliphatic rings. The van der Waals surface area contributed by atoms with Gasteiger partial charge in [0.15, 0.2) is 0 Å². The van der Waals surface area contributed by atoms with Crippen molar-refractivity contribution in [1.29, 1.82) is 0 Å². The molecule has 1 saturated heterocycles. The van der Waals surface area contributed by atoms with Gasteiger partial charge in [0.05, 0.1) is 22.8 Å². The summed E-state index contributed by atoms with van der Waals surface area (Å²) >= 11 is 6.53. The van der Waals surface area contributed by atoms with Crippen molar-refractivity contribution in [2.45, 2.75) is 58.6 Å². The maximum atomic E-state index is 11.6. The van der Waals surface area contributed by atoms with Crippen LogP contribution in [-0.4, -0.2) is 53.1 Å². The zero-order valence-corrected chi connectivity index (χ0v) is 26.8. The molecular weight excluding hydrogens is 593 g/mol. The third kappa shape index (κ3) is 5.52. The van der Waals surface area contributed by atoms with Crippen molar-refractivity contribution in [3.05, 3.63) is 75.9 Å². The van der Waals surface area contributed by atoms with Crippen LogP contribution in [0.3, 0.4) is 0 Å². The quantitative estimate of drug-likeness (QED) is 0.128. The number of carboxylic acids is 2.